The topological polar surface area (TPSA) is 134 Å². The average Bonchev–Trinajstić information content (AvgIpc) is 3.41. The van der Waals surface area contributed by atoms with Gasteiger partial charge in [-0.25, -0.2) is 9.97 Å². The largest absolute Gasteiger partial charge is 0.330 e. The smallest absolute Gasteiger partial charge is 0.291 e. The Balaban J connectivity index is 1.20. The van der Waals surface area contributed by atoms with Gasteiger partial charge in [0, 0.05) is 53.4 Å². The van der Waals surface area contributed by atoms with Crippen molar-refractivity contribution in [3.8, 4) is 22.4 Å². The zero-order valence-corrected chi connectivity index (χ0v) is 23.8. The van der Waals surface area contributed by atoms with Crippen molar-refractivity contribution in [3.63, 3.8) is 0 Å². The van der Waals surface area contributed by atoms with Crippen LogP contribution in [0.5, 0.6) is 0 Å². The second-order valence-corrected chi connectivity index (χ2v) is 11.9. The molecule has 2 amide bonds. The van der Waals surface area contributed by atoms with Gasteiger partial charge in [0.05, 0.1) is 17.6 Å². The maximum Gasteiger partial charge on any atom is 0.291 e. The molecular formula is C32H31N9O2. The van der Waals surface area contributed by atoms with Crippen molar-refractivity contribution in [2.45, 2.75) is 69.4 Å². The number of nitrogens with zero attached hydrogens (tertiary/aromatic N) is 7. The van der Waals surface area contributed by atoms with Gasteiger partial charge in [0.1, 0.15) is 12.1 Å². The van der Waals surface area contributed by atoms with Crippen LogP contribution in [0.2, 0.25) is 0 Å². The molecule has 3 fully saturated rings. The normalized spacial score (nSPS) is 21.3. The molecule has 2 N–H and O–H groups in total. The molecule has 8 rings (SSSR count). The van der Waals surface area contributed by atoms with Crippen LogP contribution in [-0.4, -0.2) is 63.6 Å². The minimum absolute atomic E-state index is 0.0854. The van der Waals surface area contributed by atoms with Crippen LogP contribution < -0.4 is 5.32 Å². The third kappa shape index (κ3) is 4.46. The molecule has 2 unspecified atom stereocenters. The highest BCUT2D eigenvalue weighted by Crippen LogP contribution is 2.51. The van der Waals surface area contributed by atoms with Gasteiger partial charge in [0.25, 0.3) is 5.91 Å². The van der Waals surface area contributed by atoms with E-state index in [4.69, 9.17) is 15.1 Å². The van der Waals surface area contributed by atoms with Gasteiger partial charge in [-0.1, -0.05) is 36.4 Å². The maximum absolute atomic E-state index is 13.3. The van der Waals surface area contributed by atoms with Crippen molar-refractivity contribution in [1.82, 2.24) is 39.7 Å². The van der Waals surface area contributed by atoms with Crippen LogP contribution in [0, 0.1) is 0 Å². The lowest BCUT2D eigenvalue weighted by Gasteiger charge is -2.39. The van der Waals surface area contributed by atoms with Crippen LogP contribution in [0.25, 0.3) is 28.0 Å². The summed E-state index contributed by atoms with van der Waals surface area (Å²) in [6.45, 7) is 1.53. The Morgan fingerprint density at radius 1 is 0.907 bits per heavy atom. The molecule has 2 bridgehead atoms. The number of nitrogens with one attached hydrogen (secondary N) is 2. The Morgan fingerprint density at radius 3 is 2.35 bits per heavy atom. The predicted octanol–water partition coefficient (Wildman–Crippen LogP) is 4.96. The predicted molar refractivity (Wildman–Crippen MR) is 159 cm³/mol. The molecule has 1 saturated carbocycles. The van der Waals surface area contributed by atoms with E-state index in [1.807, 2.05) is 59.8 Å². The molecule has 5 aromatic rings. The SMILES string of the molecule is CC(=O)Nc1c(C2CC2)c(C2CC3CCC(C2)N3C(=O)c2ncn[nH]2)nc2c(-c3ccc(-c4ccccc4)nc3)cnn12. The van der Waals surface area contributed by atoms with Gasteiger partial charge in [0.2, 0.25) is 11.7 Å². The lowest BCUT2D eigenvalue weighted by molar-refractivity contribution is -0.114. The molecule has 0 spiro atoms. The number of anilines is 1. The van der Waals surface area contributed by atoms with Crippen molar-refractivity contribution < 1.29 is 9.59 Å². The average molecular weight is 574 g/mol. The summed E-state index contributed by atoms with van der Waals surface area (Å²) in [4.78, 5) is 42.0. The van der Waals surface area contributed by atoms with Crippen molar-refractivity contribution in [2.24, 2.45) is 0 Å². The Kier molecular flexibility index (Phi) is 6.06. The van der Waals surface area contributed by atoms with E-state index in [9.17, 15) is 9.59 Å². The minimum Gasteiger partial charge on any atom is -0.330 e. The van der Waals surface area contributed by atoms with Gasteiger partial charge < -0.3 is 10.2 Å². The zero-order valence-electron chi connectivity index (χ0n) is 23.8. The number of benzene rings is 1. The summed E-state index contributed by atoms with van der Waals surface area (Å²) in [6, 6.07) is 14.4. The van der Waals surface area contributed by atoms with Crippen LogP contribution in [0.4, 0.5) is 5.82 Å². The number of carbonyl (C=O) groups excluding carboxylic acids is 2. The number of fused-ring (bicyclic) bond motifs is 3. The second-order valence-electron chi connectivity index (χ2n) is 11.9. The van der Waals surface area contributed by atoms with Crippen LogP contribution in [0.1, 0.15) is 79.2 Å². The minimum atomic E-state index is -0.140. The molecule has 2 saturated heterocycles. The molecule has 1 aliphatic carbocycles. The number of amides is 2. The Morgan fingerprint density at radius 2 is 1.70 bits per heavy atom. The third-order valence-electron chi connectivity index (χ3n) is 9.11. The summed E-state index contributed by atoms with van der Waals surface area (Å²) >= 11 is 0. The van der Waals surface area contributed by atoms with Crippen molar-refractivity contribution in [1.29, 1.82) is 0 Å². The number of carbonyl (C=O) groups is 2. The molecule has 43 heavy (non-hydrogen) atoms. The van der Waals surface area contributed by atoms with Gasteiger partial charge in [-0.3, -0.25) is 19.7 Å². The van der Waals surface area contributed by atoms with Crippen LogP contribution in [0.15, 0.2) is 61.2 Å². The summed E-state index contributed by atoms with van der Waals surface area (Å²) in [5, 5.41) is 14.5. The van der Waals surface area contributed by atoms with Crippen molar-refractivity contribution in [3.05, 3.63) is 78.3 Å². The fourth-order valence-electron chi connectivity index (χ4n) is 7.09. The summed E-state index contributed by atoms with van der Waals surface area (Å²) in [7, 11) is 0. The number of rotatable bonds is 6. The molecular weight excluding hydrogens is 542 g/mol. The number of piperidine rings is 1. The fraction of sp³-hybridized carbons (Fsp3) is 0.344. The van der Waals surface area contributed by atoms with E-state index in [0.29, 0.717) is 17.4 Å². The number of aromatic nitrogens is 7. The monoisotopic (exact) mass is 573 g/mol. The fourth-order valence-corrected chi connectivity index (χ4v) is 7.09. The highest BCUT2D eigenvalue weighted by atomic mass is 16.2. The zero-order chi connectivity index (χ0) is 29.1. The van der Waals surface area contributed by atoms with E-state index in [-0.39, 0.29) is 35.6 Å². The van der Waals surface area contributed by atoms with E-state index >= 15 is 0 Å². The Labute approximate surface area is 247 Å². The molecule has 3 aliphatic rings. The molecule has 216 valence electrons. The second kappa shape index (κ2) is 10.1. The van der Waals surface area contributed by atoms with Crippen LogP contribution in [0.3, 0.4) is 0 Å². The first kappa shape index (κ1) is 25.8. The van der Waals surface area contributed by atoms with E-state index < -0.39 is 0 Å². The van der Waals surface area contributed by atoms with E-state index in [2.05, 4.69) is 20.5 Å². The molecule has 11 nitrogen and oxygen atoms in total. The highest BCUT2D eigenvalue weighted by Gasteiger charge is 2.46. The summed E-state index contributed by atoms with van der Waals surface area (Å²) in [5.41, 5.74) is 6.54. The number of pyridine rings is 1. The number of aromatic amines is 1. The van der Waals surface area contributed by atoms with Gasteiger partial charge in [-0.05, 0) is 50.5 Å². The summed E-state index contributed by atoms with van der Waals surface area (Å²) < 4.78 is 1.79. The summed E-state index contributed by atoms with van der Waals surface area (Å²) in [5.74, 6) is 1.27. The number of hydrogen-bond acceptors (Lipinski definition) is 7. The van der Waals surface area contributed by atoms with E-state index in [1.54, 1.807) is 4.52 Å². The lowest BCUT2D eigenvalue weighted by atomic mass is 9.85. The van der Waals surface area contributed by atoms with Gasteiger partial charge in [-0.15, -0.1) is 0 Å². The van der Waals surface area contributed by atoms with Gasteiger partial charge in [0.15, 0.2) is 5.65 Å². The van der Waals surface area contributed by atoms with E-state index in [1.165, 1.54) is 13.3 Å². The Bertz CT molecular complexity index is 1810. The first-order valence-corrected chi connectivity index (χ1v) is 14.9. The van der Waals surface area contributed by atoms with Gasteiger partial charge >= 0.3 is 0 Å². The Hall–Kier alpha value is -4.93. The molecule has 11 heteroatoms. The molecule has 2 aliphatic heterocycles. The molecule has 1 aromatic carbocycles. The van der Waals surface area contributed by atoms with E-state index in [0.717, 1.165) is 72.2 Å². The molecule has 0 radical (unpaired) electrons. The lowest BCUT2D eigenvalue weighted by Crippen LogP contribution is -2.46. The molecule has 2 atom stereocenters. The third-order valence-corrected chi connectivity index (χ3v) is 9.11. The maximum atomic E-state index is 13.3. The van der Waals surface area contributed by atoms with Gasteiger partial charge in [-0.2, -0.15) is 14.7 Å². The number of H-pyrrole nitrogens is 1. The van der Waals surface area contributed by atoms with Crippen LogP contribution >= 0.6 is 0 Å². The summed E-state index contributed by atoms with van der Waals surface area (Å²) in [6.07, 6.45) is 10.7. The van der Waals surface area contributed by atoms with Crippen LogP contribution in [-0.2, 0) is 4.79 Å². The first-order chi connectivity index (χ1) is 21.0. The molecule has 4 aromatic heterocycles. The quantitative estimate of drug-likeness (QED) is 0.293. The molecule has 6 heterocycles. The highest BCUT2D eigenvalue weighted by molar-refractivity contribution is 5.91. The first-order valence-electron chi connectivity index (χ1n) is 14.9. The number of hydrogen-bond donors (Lipinski definition) is 2. The standard InChI is InChI=1S/C32H31N9O2/c1-18(42)37-31-27(20-7-8-20)28(22-13-23-10-11-24(14-22)40(23)32(43)29-34-17-35-39-29)38-30-25(16-36-41(30)31)21-9-12-26(33-15-21)19-5-3-2-4-6-19/h2-6,9,12,15-17,20,22-24H,7-8,10-11,13-14H2,1H3,(H,37,42)(H,34,35,39). The van der Waals surface area contributed by atoms with Crippen molar-refractivity contribution in [2.75, 3.05) is 5.32 Å². The van der Waals surface area contributed by atoms with Crippen molar-refractivity contribution >= 4 is 23.3 Å².